The van der Waals surface area contributed by atoms with E-state index in [1.165, 1.54) is 30.1 Å². The summed E-state index contributed by atoms with van der Waals surface area (Å²) in [6.45, 7) is 4.88. The van der Waals surface area contributed by atoms with Crippen molar-refractivity contribution in [1.82, 2.24) is 5.32 Å². The molecule has 4 rings (SSSR count). The summed E-state index contributed by atoms with van der Waals surface area (Å²) in [5.41, 5.74) is 2.01. The van der Waals surface area contributed by atoms with E-state index < -0.39 is 0 Å². The molecule has 3 aromatic rings. The third kappa shape index (κ3) is 4.57. The molecule has 1 aliphatic rings. The average molecular weight is 438 g/mol. The number of ketones is 1. The minimum Gasteiger partial charge on any atom is -0.618 e. The van der Waals surface area contributed by atoms with Gasteiger partial charge in [0.2, 0.25) is 5.52 Å². The van der Waals surface area contributed by atoms with Crippen molar-refractivity contribution in [3.8, 4) is 0 Å². The van der Waals surface area contributed by atoms with Gasteiger partial charge < -0.3 is 15.4 Å². The number of halogens is 1. The molecule has 0 spiro atoms. The summed E-state index contributed by atoms with van der Waals surface area (Å²) in [4.78, 5) is 15.3. The highest BCUT2D eigenvalue weighted by Gasteiger charge is 2.26. The van der Waals surface area contributed by atoms with Gasteiger partial charge in [-0.15, -0.1) is 11.8 Å². The molecule has 0 saturated carbocycles. The Bertz CT molecular complexity index is 1130. The van der Waals surface area contributed by atoms with Gasteiger partial charge in [0.05, 0.1) is 16.6 Å². The number of nitrogens with zero attached hydrogens (tertiary/aromatic N) is 2. The Morgan fingerprint density at radius 1 is 1.26 bits per heavy atom. The van der Waals surface area contributed by atoms with Crippen LogP contribution in [0.4, 0.5) is 10.1 Å². The predicted molar refractivity (Wildman–Crippen MR) is 124 cm³/mol. The number of allylic oxidation sites excluding steroid dienone is 1. The molecule has 1 aliphatic heterocycles. The van der Waals surface area contributed by atoms with Crippen molar-refractivity contribution < 1.29 is 13.9 Å². The van der Waals surface area contributed by atoms with Crippen molar-refractivity contribution in [2.75, 3.05) is 36.8 Å². The highest BCUT2D eigenvalue weighted by atomic mass is 32.2. The number of aromatic nitrogens is 1. The molecule has 0 aliphatic carbocycles. The van der Waals surface area contributed by atoms with Crippen LogP contribution in [0.3, 0.4) is 0 Å². The van der Waals surface area contributed by atoms with E-state index in [2.05, 4.69) is 5.32 Å². The Morgan fingerprint density at radius 3 is 2.71 bits per heavy atom. The third-order valence-electron chi connectivity index (χ3n) is 5.23. The van der Waals surface area contributed by atoms with Crippen molar-refractivity contribution in [3.05, 3.63) is 76.9 Å². The number of carbonyl (C=O) groups excluding carboxylic acids is 1. The molecule has 2 heterocycles. The SMILES string of the molecule is CCSc1c(N2CCNCC2)c(F)cc2cc(C(=O)C=Cc3ccccc3)c[n+]([O-])c12. The number of anilines is 1. The molecular formula is C24H24FN3O2S. The molecule has 1 aromatic heterocycles. The minimum absolute atomic E-state index is 0.233. The highest BCUT2D eigenvalue weighted by Crippen LogP contribution is 2.38. The number of hydrogen-bond donors (Lipinski definition) is 1. The summed E-state index contributed by atoms with van der Waals surface area (Å²) < 4.78 is 15.9. The van der Waals surface area contributed by atoms with E-state index in [4.69, 9.17) is 0 Å². The standard InChI is InChI=1S/C24H24FN3O2S/c1-2-31-24-22-18(15-20(25)23(24)27-12-10-26-11-13-27)14-19(16-28(22)30)21(29)9-8-17-6-4-3-5-7-17/h3-9,14-16,26H,2,10-13H2,1H3. The van der Waals surface area contributed by atoms with Gasteiger partial charge in [0.15, 0.2) is 12.0 Å². The van der Waals surface area contributed by atoms with Crippen LogP contribution in [0.5, 0.6) is 0 Å². The third-order valence-corrected chi connectivity index (χ3v) is 6.20. The number of nitrogens with one attached hydrogen (secondary N) is 1. The molecule has 0 unspecified atom stereocenters. The lowest BCUT2D eigenvalue weighted by molar-refractivity contribution is -0.578. The Labute approximate surface area is 185 Å². The second-order valence-electron chi connectivity index (χ2n) is 7.31. The van der Waals surface area contributed by atoms with E-state index in [9.17, 15) is 10.0 Å². The van der Waals surface area contributed by atoms with Crippen molar-refractivity contribution in [3.63, 3.8) is 0 Å². The fourth-order valence-corrected chi connectivity index (χ4v) is 4.79. The van der Waals surface area contributed by atoms with E-state index in [1.54, 1.807) is 12.1 Å². The molecule has 2 aromatic carbocycles. The smallest absolute Gasteiger partial charge is 0.239 e. The number of carbonyl (C=O) groups is 1. The van der Waals surface area contributed by atoms with Crippen LogP contribution in [0.1, 0.15) is 22.8 Å². The molecule has 1 fully saturated rings. The summed E-state index contributed by atoms with van der Waals surface area (Å²) in [6.07, 6.45) is 4.43. The number of pyridine rings is 1. The Balaban J connectivity index is 1.77. The Morgan fingerprint density at radius 2 is 2.00 bits per heavy atom. The topological polar surface area (TPSA) is 59.3 Å². The van der Waals surface area contributed by atoms with Gasteiger partial charge in [-0.05, 0) is 29.5 Å². The van der Waals surface area contributed by atoms with Crippen molar-refractivity contribution in [2.24, 2.45) is 0 Å². The van der Waals surface area contributed by atoms with Gasteiger partial charge in [-0.2, -0.15) is 4.73 Å². The first-order chi connectivity index (χ1) is 15.1. The first-order valence-corrected chi connectivity index (χ1v) is 11.3. The summed E-state index contributed by atoms with van der Waals surface area (Å²) in [5, 5.41) is 16.7. The maximum absolute atomic E-state index is 15.2. The number of rotatable bonds is 6. The van der Waals surface area contributed by atoms with Gasteiger partial charge in [-0.25, -0.2) is 4.39 Å². The largest absolute Gasteiger partial charge is 0.618 e. The molecule has 160 valence electrons. The lowest BCUT2D eigenvalue weighted by atomic mass is 10.1. The zero-order valence-electron chi connectivity index (χ0n) is 17.3. The fraction of sp³-hybridized carbons (Fsp3) is 0.250. The number of thioether (sulfide) groups is 1. The summed E-state index contributed by atoms with van der Waals surface area (Å²) in [5.74, 6) is 0.0411. The molecule has 0 amide bonds. The van der Waals surface area contributed by atoms with E-state index in [-0.39, 0.29) is 17.2 Å². The van der Waals surface area contributed by atoms with Crippen LogP contribution in [0.15, 0.2) is 59.6 Å². The zero-order chi connectivity index (χ0) is 21.8. The van der Waals surface area contributed by atoms with E-state index in [0.717, 1.165) is 18.7 Å². The molecule has 0 bridgehead atoms. The normalized spacial score (nSPS) is 14.5. The predicted octanol–water partition coefficient (Wildman–Crippen LogP) is 4.03. The maximum Gasteiger partial charge on any atom is 0.239 e. The lowest BCUT2D eigenvalue weighted by Crippen LogP contribution is -2.44. The second kappa shape index (κ2) is 9.49. The molecule has 0 radical (unpaired) electrons. The van der Waals surface area contributed by atoms with Gasteiger partial charge in [0.1, 0.15) is 10.7 Å². The monoisotopic (exact) mass is 437 g/mol. The van der Waals surface area contributed by atoms with E-state index >= 15 is 4.39 Å². The van der Waals surface area contributed by atoms with Crippen molar-refractivity contribution >= 4 is 40.2 Å². The van der Waals surface area contributed by atoms with Crippen LogP contribution < -0.4 is 14.9 Å². The summed E-state index contributed by atoms with van der Waals surface area (Å²) in [6, 6.07) is 12.4. The van der Waals surface area contributed by atoms with Crippen LogP contribution in [-0.4, -0.2) is 37.7 Å². The van der Waals surface area contributed by atoms with Crippen LogP contribution >= 0.6 is 11.8 Å². The number of fused-ring (bicyclic) bond motifs is 1. The first kappa shape index (κ1) is 21.3. The Hall–Kier alpha value is -2.90. The number of hydrogen-bond acceptors (Lipinski definition) is 5. The van der Waals surface area contributed by atoms with Gasteiger partial charge in [0.25, 0.3) is 0 Å². The van der Waals surface area contributed by atoms with Crippen molar-refractivity contribution in [1.29, 1.82) is 0 Å². The van der Waals surface area contributed by atoms with Crippen molar-refractivity contribution in [2.45, 2.75) is 11.8 Å². The minimum atomic E-state index is -0.366. The van der Waals surface area contributed by atoms with E-state index in [0.29, 0.717) is 45.1 Å². The molecule has 1 saturated heterocycles. The highest BCUT2D eigenvalue weighted by molar-refractivity contribution is 7.99. The van der Waals surface area contributed by atoms with Crippen LogP contribution in [0, 0.1) is 11.0 Å². The van der Waals surface area contributed by atoms with Gasteiger partial charge in [-0.3, -0.25) is 4.79 Å². The van der Waals surface area contributed by atoms with Gasteiger partial charge >= 0.3 is 0 Å². The number of benzene rings is 2. The van der Waals surface area contributed by atoms with Gasteiger partial charge in [-0.1, -0.05) is 43.3 Å². The molecular weight excluding hydrogens is 413 g/mol. The Kier molecular flexibility index (Phi) is 6.53. The molecule has 7 heteroatoms. The lowest BCUT2D eigenvalue weighted by Gasteiger charge is -2.31. The molecule has 31 heavy (non-hydrogen) atoms. The summed E-state index contributed by atoms with van der Waals surface area (Å²) in [7, 11) is 0. The average Bonchev–Trinajstić information content (AvgIpc) is 2.78. The second-order valence-corrected chi connectivity index (χ2v) is 8.58. The van der Waals surface area contributed by atoms with E-state index in [1.807, 2.05) is 42.2 Å². The van der Waals surface area contributed by atoms with Crippen LogP contribution in [0.25, 0.3) is 17.0 Å². The molecule has 1 N–H and O–H groups in total. The fourth-order valence-electron chi connectivity index (χ4n) is 3.79. The van der Waals surface area contributed by atoms with Gasteiger partial charge in [0, 0.05) is 26.2 Å². The first-order valence-electron chi connectivity index (χ1n) is 10.3. The maximum atomic E-state index is 15.2. The zero-order valence-corrected chi connectivity index (χ0v) is 18.1. The molecule has 5 nitrogen and oxygen atoms in total. The quantitative estimate of drug-likeness (QED) is 0.207. The van der Waals surface area contributed by atoms with Crippen LogP contribution in [-0.2, 0) is 0 Å². The van der Waals surface area contributed by atoms with Crippen LogP contribution in [0.2, 0.25) is 0 Å². The summed E-state index contributed by atoms with van der Waals surface area (Å²) >= 11 is 1.45. The molecule has 0 atom stereocenters. The number of piperazine rings is 1.